The first kappa shape index (κ1) is 14.1. The van der Waals surface area contributed by atoms with E-state index in [-0.39, 0.29) is 11.5 Å². The Morgan fingerprint density at radius 2 is 1.54 bits per heavy atom. The Labute approximate surface area is 137 Å². The highest BCUT2D eigenvalue weighted by atomic mass is 16.3. The Hall–Kier alpha value is -3.47. The molecule has 2 N–H and O–H groups in total. The lowest BCUT2D eigenvalue weighted by molar-refractivity contribution is 0.456. The Balaban J connectivity index is 1.89. The largest absolute Gasteiger partial charge is 0.507 e. The third kappa shape index (κ3) is 2.32. The number of phenols is 2. The second-order valence-electron chi connectivity index (χ2n) is 5.36. The van der Waals surface area contributed by atoms with Crippen LogP contribution in [-0.2, 0) is 0 Å². The molecule has 0 aliphatic heterocycles. The molecule has 1 heterocycles. The molecule has 0 radical (unpaired) electrons. The van der Waals surface area contributed by atoms with Crippen molar-refractivity contribution in [3.05, 3.63) is 66.9 Å². The smallest absolute Gasteiger partial charge is 0.147 e. The van der Waals surface area contributed by atoms with Gasteiger partial charge in [0.2, 0.25) is 0 Å². The van der Waals surface area contributed by atoms with Gasteiger partial charge in [0, 0.05) is 28.4 Å². The first-order valence-corrected chi connectivity index (χ1v) is 7.43. The first-order valence-electron chi connectivity index (χ1n) is 7.43. The average molecular weight is 315 g/mol. The molecule has 0 fully saturated rings. The van der Waals surface area contributed by atoms with Crippen molar-refractivity contribution in [2.24, 2.45) is 10.2 Å². The van der Waals surface area contributed by atoms with Gasteiger partial charge in [-0.15, -0.1) is 10.2 Å². The van der Waals surface area contributed by atoms with Crippen LogP contribution in [0.25, 0.3) is 21.7 Å². The fourth-order valence-electron chi connectivity index (χ4n) is 2.70. The molecule has 0 saturated carbocycles. The summed E-state index contributed by atoms with van der Waals surface area (Å²) in [6, 6.07) is 17.9. The molecule has 5 heteroatoms. The number of azo groups is 1. The lowest BCUT2D eigenvalue weighted by Crippen LogP contribution is -1.79. The minimum atomic E-state index is -0.122. The summed E-state index contributed by atoms with van der Waals surface area (Å²) >= 11 is 0. The van der Waals surface area contributed by atoms with Crippen LogP contribution < -0.4 is 0 Å². The van der Waals surface area contributed by atoms with E-state index in [1.54, 1.807) is 18.3 Å². The van der Waals surface area contributed by atoms with Crippen LogP contribution in [0.3, 0.4) is 0 Å². The van der Waals surface area contributed by atoms with E-state index >= 15 is 0 Å². The van der Waals surface area contributed by atoms with Crippen LogP contribution in [0.2, 0.25) is 0 Å². The van der Waals surface area contributed by atoms with E-state index in [1.807, 2.05) is 42.5 Å². The molecule has 0 aliphatic carbocycles. The monoisotopic (exact) mass is 315 g/mol. The Morgan fingerprint density at radius 1 is 0.750 bits per heavy atom. The van der Waals surface area contributed by atoms with Crippen LogP contribution in [0.5, 0.6) is 11.5 Å². The second kappa shape index (κ2) is 5.62. The highest BCUT2D eigenvalue weighted by molar-refractivity contribution is 5.99. The molecule has 3 aromatic carbocycles. The summed E-state index contributed by atoms with van der Waals surface area (Å²) in [5.41, 5.74) is 1.67. The predicted octanol–water partition coefficient (Wildman–Crippen LogP) is 5.21. The molecule has 0 bridgehead atoms. The van der Waals surface area contributed by atoms with Crippen LogP contribution in [0.4, 0.5) is 11.4 Å². The van der Waals surface area contributed by atoms with Crippen molar-refractivity contribution in [2.75, 3.05) is 0 Å². The van der Waals surface area contributed by atoms with Gasteiger partial charge in [0.25, 0.3) is 0 Å². The van der Waals surface area contributed by atoms with Gasteiger partial charge in [-0.3, -0.25) is 4.98 Å². The highest BCUT2D eigenvalue weighted by Gasteiger charge is 2.11. The maximum Gasteiger partial charge on any atom is 0.147 e. The Bertz CT molecular complexity index is 1090. The molecule has 24 heavy (non-hydrogen) atoms. The molecule has 0 spiro atoms. The molecule has 0 saturated heterocycles. The summed E-state index contributed by atoms with van der Waals surface area (Å²) in [7, 11) is 0. The molecule has 1 aromatic heterocycles. The number of fused-ring (bicyclic) bond motifs is 2. The van der Waals surface area contributed by atoms with Gasteiger partial charge in [-0.2, -0.15) is 0 Å². The second-order valence-corrected chi connectivity index (χ2v) is 5.36. The zero-order valence-corrected chi connectivity index (χ0v) is 12.6. The number of aromatic nitrogens is 1. The van der Waals surface area contributed by atoms with Crippen LogP contribution in [0, 0.1) is 0 Å². The quantitative estimate of drug-likeness (QED) is 0.498. The average Bonchev–Trinajstić information content (AvgIpc) is 2.61. The summed E-state index contributed by atoms with van der Waals surface area (Å²) in [5.74, 6) is -0.114. The number of para-hydroxylation sites is 1. The van der Waals surface area contributed by atoms with E-state index in [9.17, 15) is 10.2 Å². The lowest BCUT2D eigenvalue weighted by atomic mass is 10.1. The molecule has 4 aromatic rings. The van der Waals surface area contributed by atoms with Crippen molar-refractivity contribution in [1.29, 1.82) is 0 Å². The van der Waals surface area contributed by atoms with E-state index in [0.717, 1.165) is 10.9 Å². The summed E-state index contributed by atoms with van der Waals surface area (Å²) in [5, 5.41) is 30.8. The van der Waals surface area contributed by atoms with Crippen LogP contribution in [-0.4, -0.2) is 15.2 Å². The van der Waals surface area contributed by atoms with Crippen molar-refractivity contribution in [2.45, 2.75) is 0 Å². The van der Waals surface area contributed by atoms with Gasteiger partial charge in [0.05, 0.1) is 5.52 Å². The van der Waals surface area contributed by atoms with Crippen molar-refractivity contribution < 1.29 is 10.2 Å². The fourth-order valence-corrected chi connectivity index (χ4v) is 2.70. The minimum Gasteiger partial charge on any atom is -0.507 e. The topological polar surface area (TPSA) is 78.1 Å². The van der Waals surface area contributed by atoms with E-state index < -0.39 is 0 Å². The molecule has 5 nitrogen and oxygen atoms in total. The Morgan fingerprint density at radius 3 is 2.42 bits per heavy atom. The predicted molar refractivity (Wildman–Crippen MR) is 93.2 cm³/mol. The number of phenolic OH excluding ortho intramolecular Hbond substituents is 2. The number of hydrogen-bond acceptors (Lipinski definition) is 5. The summed E-state index contributed by atoms with van der Waals surface area (Å²) in [4.78, 5) is 4.34. The van der Waals surface area contributed by atoms with Gasteiger partial charge in [-0.05, 0) is 12.1 Å². The van der Waals surface area contributed by atoms with Gasteiger partial charge in [-0.1, -0.05) is 42.5 Å². The number of aromatic hydroxyl groups is 2. The van der Waals surface area contributed by atoms with Crippen molar-refractivity contribution in [3.63, 3.8) is 0 Å². The van der Waals surface area contributed by atoms with Crippen LogP contribution in [0.15, 0.2) is 77.1 Å². The highest BCUT2D eigenvalue weighted by Crippen LogP contribution is 2.41. The number of nitrogens with zero attached hydrogens (tertiary/aromatic N) is 3. The molecule has 116 valence electrons. The summed E-state index contributed by atoms with van der Waals surface area (Å²) in [6.45, 7) is 0. The SMILES string of the molecule is Oc1cc(O)c2ccccc2c1N=Nc1cccc2cccnc12. The van der Waals surface area contributed by atoms with Crippen molar-refractivity contribution in [3.8, 4) is 11.5 Å². The maximum absolute atomic E-state index is 10.2. The third-order valence-corrected chi connectivity index (χ3v) is 3.84. The lowest BCUT2D eigenvalue weighted by Gasteiger charge is -2.06. The zero-order valence-electron chi connectivity index (χ0n) is 12.6. The number of benzene rings is 3. The van der Waals surface area contributed by atoms with Crippen LogP contribution in [0.1, 0.15) is 0 Å². The number of rotatable bonds is 2. The normalized spacial score (nSPS) is 11.5. The van der Waals surface area contributed by atoms with Crippen molar-refractivity contribution in [1.82, 2.24) is 4.98 Å². The van der Waals surface area contributed by atoms with Gasteiger partial charge < -0.3 is 10.2 Å². The van der Waals surface area contributed by atoms with E-state index in [2.05, 4.69) is 15.2 Å². The van der Waals surface area contributed by atoms with Gasteiger partial charge in [0.1, 0.15) is 22.9 Å². The fraction of sp³-hybridized carbons (Fsp3) is 0. The first-order chi connectivity index (χ1) is 11.7. The minimum absolute atomic E-state index is 0.00822. The standard InChI is InChI=1S/C19H13N3O2/c23-16-11-17(24)19(14-8-2-1-7-13(14)16)22-21-15-9-3-5-12-6-4-10-20-18(12)15/h1-11,23-24H. The van der Waals surface area contributed by atoms with Crippen molar-refractivity contribution >= 4 is 33.1 Å². The van der Waals surface area contributed by atoms with Gasteiger partial charge in [0.15, 0.2) is 0 Å². The summed E-state index contributed by atoms with van der Waals surface area (Å²) in [6.07, 6.45) is 1.70. The number of hydrogen-bond donors (Lipinski definition) is 2. The molecule has 0 atom stereocenters. The van der Waals surface area contributed by atoms with Gasteiger partial charge in [-0.25, -0.2) is 0 Å². The zero-order chi connectivity index (χ0) is 16.5. The van der Waals surface area contributed by atoms with Gasteiger partial charge >= 0.3 is 0 Å². The molecule has 0 unspecified atom stereocenters. The third-order valence-electron chi connectivity index (χ3n) is 3.84. The molecular formula is C19H13N3O2. The molecule has 4 rings (SSSR count). The van der Waals surface area contributed by atoms with E-state index in [0.29, 0.717) is 22.1 Å². The summed E-state index contributed by atoms with van der Waals surface area (Å²) < 4.78 is 0. The van der Waals surface area contributed by atoms with E-state index in [1.165, 1.54) is 6.07 Å². The van der Waals surface area contributed by atoms with Crippen LogP contribution >= 0.6 is 0 Å². The van der Waals surface area contributed by atoms with E-state index in [4.69, 9.17) is 0 Å². The Kier molecular flexibility index (Phi) is 3.31. The molecule has 0 amide bonds. The molecule has 0 aliphatic rings. The number of pyridine rings is 1. The molecular weight excluding hydrogens is 302 g/mol. The maximum atomic E-state index is 10.2.